The molecule has 5 nitrogen and oxygen atoms in total. The molecule has 0 spiro atoms. The quantitative estimate of drug-likeness (QED) is 0.745. The third kappa shape index (κ3) is 5.95. The minimum absolute atomic E-state index is 0.0318. The highest BCUT2D eigenvalue weighted by Crippen LogP contribution is 2.19. The minimum Gasteiger partial charge on any atom is -0.480 e. The van der Waals surface area contributed by atoms with Crippen LogP contribution in [0.25, 0.3) is 0 Å². The Morgan fingerprint density at radius 2 is 1.86 bits per heavy atom. The fourth-order valence-electron chi connectivity index (χ4n) is 2.05. The Kier molecular flexibility index (Phi) is 6.88. The summed E-state index contributed by atoms with van der Waals surface area (Å²) in [6.07, 6.45) is 1.08. The molecule has 0 fully saturated rings. The van der Waals surface area contributed by atoms with E-state index in [1.54, 1.807) is 4.90 Å². The van der Waals surface area contributed by atoms with E-state index in [-0.39, 0.29) is 13.1 Å². The van der Waals surface area contributed by atoms with E-state index in [4.69, 9.17) is 5.11 Å². The number of benzene rings is 1. The number of nitrogens with zero attached hydrogens (tertiary/aromatic N) is 1. The Balaban J connectivity index is 2.73. The molecule has 0 saturated heterocycles. The molecule has 0 bridgehead atoms. The van der Waals surface area contributed by atoms with Crippen molar-refractivity contribution in [3.05, 3.63) is 35.4 Å². The van der Waals surface area contributed by atoms with Crippen LogP contribution in [0.1, 0.15) is 37.3 Å². The lowest BCUT2D eigenvalue weighted by atomic mass is 9.97. The smallest absolute Gasteiger partial charge is 0.319 e. The zero-order valence-corrected chi connectivity index (χ0v) is 12.8. The summed E-state index contributed by atoms with van der Waals surface area (Å²) in [5.41, 5.74) is 2.24. The van der Waals surface area contributed by atoms with Crippen molar-refractivity contribution in [2.45, 2.75) is 32.7 Å². The molecule has 116 valence electrons. The number of esters is 1. The zero-order valence-electron chi connectivity index (χ0n) is 12.8. The molecule has 0 radical (unpaired) electrons. The average Bonchev–Trinajstić information content (AvgIpc) is 2.46. The largest absolute Gasteiger partial charge is 0.480 e. The Bertz CT molecular complexity index is 470. The first-order valence-corrected chi connectivity index (χ1v) is 7.06. The van der Waals surface area contributed by atoms with Crippen LogP contribution in [0.2, 0.25) is 0 Å². The summed E-state index contributed by atoms with van der Waals surface area (Å²) in [7, 11) is 1.29. The van der Waals surface area contributed by atoms with Crippen LogP contribution in [0, 0.1) is 0 Å². The van der Waals surface area contributed by atoms with E-state index in [1.165, 1.54) is 12.7 Å². The summed E-state index contributed by atoms with van der Waals surface area (Å²) in [6.45, 7) is 4.49. The molecule has 0 aliphatic rings. The van der Waals surface area contributed by atoms with Gasteiger partial charge in [-0.25, -0.2) is 0 Å². The van der Waals surface area contributed by atoms with Gasteiger partial charge in [0.05, 0.1) is 20.2 Å². The molecule has 1 aromatic carbocycles. The molecule has 0 aliphatic carbocycles. The van der Waals surface area contributed by atoms with Gasteiger partial charge in [-0.15, -0.1) is 0 Å². The lowest BCUT2D eigenvalue weighted by Crippen LogP contribution is -2.34. The van der Waals surface area contributed by atoms with Crippen molar-refractivity contribution in [1.82, 2.24) is 4.90 Å². The molecule has 5 heteroatoms. The topological polar surface area (TPSA) is 66.8 Å². The van der Waals surface area contributed by atoms with Crippen LogP contribution in [0.5, 0.6) is 0 Å². The Labute approximate surface area is 125 Å². The van der Waals surface area contributed by atoms with Crippen molar-refractivity contribution in [2.75, 3.05) is 20.2 Å². The predicted octanol–water partition coefficient (Wildman–Crippen LogP) is 2.26. The van der Waals surface area contributed by atoms with Gasteiger partial charge >= 0.3 is 11.9 Å². The number of aliphatic carboxylic acids is 1. The second-order valence-electron chi connectivity index (χ2n) is 5.17. The Morgan fingerprint density at radius 1 is 1.24 bits per heavy atom. The van der Waals surface area contributed by atoms with Crippen molar-refractivity contribution in [3.63, 3.8) is 0 Å². The standard InChI is InChI=1S/C16H23NO4/c1-4-12(2)14-7-5-13(6-8-14)9-17(10-15(18)19)11-16(20)21-3/h5-8,12H,4,9-11H2,1-3H3,(H,18,19). The number of carboxylic acid groups (broad SMARTS) is 1. The van der Waals surface area contributed by atoms with E-state index in [9.17, 15) is 9.59 Å². The van der Waals surface area contributed by atoms with Crippen molar-refractivity contribution in [1.29, 1.82) is 0 Å². The lowest BCUT2D eigenvalue weighted by Gasteiger charge is -2.19. The van der Waals surface area contributed by atoms with E-state index in [0.29, 0.717) is 12.5 Å². The van der Waals surface area contributed by atoms with E-state index in [1.807, 2.05) is 12.1 Å². The molecule has 1 aromatic rings. The minimum atomic E-state index is -0.963. The number of carbonyl (C=O) groups is 2. The molecule has 0 amide bonds. The van der Waals surface area contributed by atoms with Crippen LogP contribution in [0.15, 0.2) is 24.3 Å². The van der Waals surface area contributed by atoms with Crippen LogP contribution < -0.4 is 0 Å². The maximum atomic E-state index is 11.3. The number of ether oxygens (including phenoxy) is 1. The Morgan fingerprint density at radius 3 is 2.33 bits per heavy atom. The fourth-order valence-corrected chi connectivity index (χ4v) is 2.05. The van der Waals surface area contributed by atoms with Crippen molar-refractivity contribution < 1.29 is 19.4 Å². The third-order valence-corrected chi connectivity index (χ3v) is 3.51. The van der Waals surface area contributed by atoms with Crippen molar-refractivity contribution in [2.24, 2.45) is 0 Å². The number of hydrogen-bond donors (Lipinski definition) is 1. The molecule has 0 saturated carbocycles. The van der Waals surface area contributed by atoms with Gasteiger partial charge in [-0.05, 0) is 23.5 Å². The SMILES string of the molecule is CCC(C)c1ccc(CN(CC(=O)O)CC(=O)OC)cc1. The summed E-state index contributed by atoms with van der Waals surface area (Å²) in [6, 6.07) is 8.07. The Hall–Kier alpha value is -1.88. The monoisotopic (exact) mass is 293 g/mol. The third-order valence-electron chi connectivity index (χ3n) is 3.51. The number of methoxy groups -OCH3 is 1. The molecule has 1 atom stereocenters. The maximum Gasteiger partial charge on any atom is 0.319 e. The summed E-state index contributed by atoms with van der Waals surface area (Å²) < 4.78 is 4.59. The van der Waals surface area contributed by atoms with Gasteiger partial charge in [0.25, 0.3) is 0 Å². The highest BCUT2D eigenvalue weighted by Gasteiger charge is 2.15. The molecular weight excluding hydrogens is 270 g/mol. The normalized spacial score (nSPS) is 12.2. The summed E-state index contributed by atoms with van der Waals surface area (Å²) in [5.74, 6) is -0.896. The van der Waals surface area contributed by atoms with Crippen LogP contribution >= 0.6 is 0 Å². The molecule has 0 aromatic heterocycles. The van der Waals surface area contributed by atoms with Crippen molar-refractivity contribution >= 4 is 11.9 Å². The first kappa shape index (κ1) is 17.2. The van der Waals surface area contributed by atoms with E-state index in [0.717, 1.165) is 12.0 Å². The number of carbonyl (C=O) groups excluding carboxylic acids is 1. The lowest BCUT2D eigenvalue weighted by molar-refractivity contribution is -0.144. The van der Waals surface area contributed by atoms with Crippen LogP contribution in [0.3, 0.4) is 0 Å². The molecular formula is C16H23NO4. The predicted molar refractivity (Wildman–Crippen MR) is 80.1 cm³/mol. The van der Waals surface area contributed by atoms with Gasteiger partial charge in [0.1, 0.15) is 0 Å². The van der Waals surface area contributed by atoms with Gasteiger partial charge in [-0.2, -0.15) is 0 Å². The highest BCUT2D eigenvalue weighted by atomic mass is 16.5. The van der Waals surface area contributed by atoms with Crippen molar-refractivity contribution in [3.8, 4) is 0 Å². The van der Waals surface area contributed by atoms with E-state index in [2.05, 4.69) is 30.7 Å². The second-order valence-corrected chi connectivity index (χ2v) is 5.17. The van der Waals surface area contributed by atoms with Gasteiger partial charge in [0, 0.05) is 6.54 Å². The average molecular weight is 293 g/mol. The fraction of sp³-hybridized carbons (Fsp3) is 0.500. The number of rotatable bonds is 8. The van der Waals surface area contributed by atoms with Crippen LogP contribution in [-0.4, -0.2) is 42.1 Å². The summed E-state index contributed by atoms with van der Waals surface area (Å²) in [4.78, 5) is 23.7. The van der Waals surface area contributed by atoms with E-state index >= 15 is 0 Å². The summed E-state index contributed by atoms with van der Waals surface area (Å²) >= 11 is 0. The molecule has 21 heavy (non-hydrogen) atoms. The summed E-state index contributed by atoms with van der Waals surface area (Å²) in [5, 5.41) is 8.90. The molecule has 0 aliphatic heterocycles. The second kappa shape index (κ2) is 8.42. The van der Waals surface area contributed by atoms with Gasteiger partial charge in [-0.3, -0.25) is 14.5 Å². The first-order valence-electron chi connectivity index (χ1n) is 7.06. The van der Waals surface area contributed by atoms with Gasteiger partial charge in [0.2, 0.25) is 0 Å². The molecule has 1 N–H and O–H groups in total. The molecule has 1 rings (SSSR count). The van der Waals surface area contributed by atoms with Gasteiger partial charge in [-0.1, -0.05) is 38.1 Å². The maximum absolute atomic E-state index is 11.3. The van der Waals surface area contributed by atoms with Crippen LogP contribution in [-0.2, 0) is 20.9 Å². The molecule has 1 unspecified atom stereocenters. The van der Waals surface area contributed by atoms with Gasteiger partial charge in [0.15, 0.2) is 0 Å². The highest BCUT2D eigenvalue weighted by molar-refractivity contribution is 5.73. The number of hydrogen-bond acceptors (Lipinski definition) is 4. The van der Waals surface area contributed by atoms with Gasteiger partial charge < -0.3 is 9.84 Å². The number of carboxylic acids is 1. The zero-order chi connectivity index (χ0) is 15.8. The van der Waals surface area contributed by atoms with Crippen LogP contribution in [0.4, 0.5) is 0 Å². The van der Waals surface area contributed by atoms with E-state index < -0.39 is 11.9 Å². The molecule has 0 heterocycles. The first-order chi connectivity index (χ1) is 9.96.